The summed E-state index contributed by atoms with van der Waals surface area (Å²) < 4.78 is 21.8. The third kappa shape index (κ3) is 4.70. The molecule has 0 aliphatic carbocycles. The molecule has 1 saturated heterocycles. The maximum Gasteiger partial charge on any atom is 0.277 e. The number of hydrogen-bond donors (Lipinski definition) is 0. The number of likely N-dealkylation sites (tertiary alicyclic amines) is 1. The molecule has 1 amide bonds. The number of carbonyl (C=O) groups excluding carboxylic acids is 1. The number of nitrogens with zero attached hydrogens (tertiary/aromatic N) is 3. The van der Waals surface area contributed by atoms with Gasteiger partial charge in [-0.1, -0.05) is 24.6 Å². The molecule has 8 nitrogen and oxygen atoms in total. The van der Waals surface area contributed by atoms with E-state index in [1.807, 2.05) is 4.90 Å². The van der Waals surface area contributed by atoms with Gasteiger partial charge in [0.05, 0.1) is 27.1 Å². The van der Waals surface area contributed by atoms with Gasteiger partial charge in [0.25, 0.3) is 5.22 Å². The van der Waals surface area contributed by atoms with Gasteiger partial charge in [0.15, 0.2) is 11.5 Å². The van der Waals surface area contributed by atoms with E-state index >= 15 is 0 Å². The summed E-state index contributed by atoms with van der Waals surface area (Å²) in [6.07, 6.45) is 4.53. The number of aromatic nitrogens is 2. The van der Waals surface area contributed by atoms with Gasteiger partial charge in [-0.25, -0.2) is 0 Å². The number of benzene rings is 1. The van der Waals surface area contributed by atoms with E-state index < -0.39 is 0 Å². The van der Waals surface area contributed by atoms with Gasteiger partial charge in [-0.3, -0.25) is 4.79 Å². The van der Waals surface area contributed by atoms with Crippen LogP contribution in [0.2, 0.25) is 0 Å². The average molecular weight is 407 g/mol. The maximum atomic E-state index is 12.4. The molecule has 1 aromatic carbocycles. The summed E-state index contributed by atoms with van der Waals surface area (Å²) in [5, 5.41) is 8.48. The minimum atomic E-state index is 0.111. The van der Waals surface area contributed by atoms with Crippen LogP contribution in [0, 0.1) is 0 Å². The monoisotopic (exact) mass is 407 g/mol. The Morgan fingerprint density at radius 2 is 1.68 bits per heavy atom. The highest BCUT2D eigenvalue weighted by molar-refractivity contribution is 7.99. The van der Waals surface area contributed by atoms with Gasteiger partial charge in [0.1, 0.15) is 0 Å². The molecule has 152 valence electrons. The van der Waals surface area contributed by atoms with E-state index in [1.54, 1.807) is 33.5 Å². The lowest BCUT2D eigenvalue weighted by atomic mass is 10.2. The highest BCUT2D eigenvalue weighted by Gasteiger charge is 2.19. The Hall–Kier alpha value is -2.42. The summed E-state index contributed by atoms with van der Waals surface area (Å²) >= 11 is 1.25. The maximum absolute atomic E-state index is 12.4. The molecule has 9 heteroatoms. The standard InChI is InChI=1S/C19H25N3O5S/c1-24-14-10-13(11-15(25-2)17(14)26-3)18-20-21-19(27-18)28-12-16(23)22-8-6-4-5-7-9-22/h10-11H,4-9,12H2,1-3H3. The first-order valence-corrected chi connectivity index (χ1v) is 10.2. The Kier molecular flexibility index (Phi) is 7.02. The van der Waals surface area contributed by atoms with Crippen molar-refractivity contribution in [2.75, 3.05) is 40.2 Å². The van der Waals surface area contributed by atoms with Crippen molar-refractivity contribution in [2.24, 2.45) is 0 Å². The zero-order valence-corrected chi connectivity index (χ0v) is 17.2. The molecule has 3 rings (SSSR count). The number of hydrogen-bond acceptors (Lipinski definition) is 8. The molecule has 0 spiro atoms. The topological polar surface area (TPSA) is 86.9 Å². The first kappa shape index (κ1) is 20.3. The quantitative estimate of drug-likeness (QED) is 0.647. The molecule has 0 saturated carbocycles. The van der Waals surface area contributed by atoms with Crippen LogP contribution in [0.25, 0.3) is 11.5 Å². The van der Waals surface area contributed by atoms with Crippen molar-refractivity contribution in [3.8, 4) is 28.7 Å². The van der Waals surface area contributed by atoms with Gasteiger partial charge < -0.3 is 23.5 Å². The molecule has 1 aliphatic rings. The van der Waals surface area contributed by atoms with Crippen molar-refractivity contribution < 1.29 is 23.4 Å². The Morgan fingerprint density at radius 3 is 2.25 bits per heavy atom. The minimum Gasteiger partial charge on any atom is -0.493 e. The third-order valence-electron chi connectivity index (χ3n) is 4.60. The molecule has 28 heavy (non-hydrogen) atoms. The molecular formula is C19H25N3O5S. The molecule has 2 heterocycles. The summed E-state index contributed by atoms with van der Waals surface area (Å²) in [5.74, 6) is 2.21. The molecule has 1 aromatic heterocycles. The summed E-state index contributed by atoms with van der Waals surface area (Å²) in [6, 6.07) is 3.48. The first-order chi connectivity index (χ1) is 13.7. The highest BCUT2D eigenvalue weighted by atomic mass is 32.2. The number of amides is 1. The Labute approximate surface area is 168 Å². The molecule has 2 aromatic rings. The van der Waals surface area contributed by atoms with Gasteiger partial charge in [0.2, 0.25) is 17.5 Å². The van der Waals surface area contributed by atoms with Gasteiger partial charge in [0, 0.05) is 18.7 Å². The fraction of sp³-hybridized carbons (Fsp3) is 0.526. The highest BCUT2D eigenvalue weighted by Crippen LogP contribution is 2.41. The minimum absolute atomic E-state index is 0.111. The van der Waals surface area contributed by atoms with Crippen molar-refractivity contribution in [1.29, 1.82) is 0 Å². The lowest BCUT2D eigenvalue weighted by Crippen LogP contribution is -2.33. The second-order valence-corrected chi connectivity index (χ2v) is 7.30. The van der Waals surface area contributed by atoms with E-state index in [-0.39, 0.29) is 11.7 Å². The molecule has 0 N–H and O–H groups in total. The van der Waals surface area contributed by atoms with E-state index in [0.717, 1.165) is 25.9 Å². The van der Waals surface area contributed by atoms with Crippen LogP contribution in [-0.4, -0.2) is 61.2 Å². The van der Waals surface area contributed by atoms with Crippen LogP contribution < -0.4 is 14.2 Å². The lowest BCUT2D eigenvalue weighted by molar-refractivity contribution is -0.128. The van der Waals surface area contributed by atoms with Crippen molar-refractivity contribution in [3.63, 3.8) is 0 Å². The Morgan fingerprint density at radius 1 is 1.04 bits per heavy atom. The lowest BCUT2D eigenvalue weighted by Gasteiger charge is -2.19. The van der Waals surface area contributed by atoms with E-state index in [4.69, 9.17) is 18.6 Å². The SMILES string of the molecule is COc1cc(-c2nnc(SCC(=O)N3CCCCCC3)o2)cc(OC)c1OC. The number of ether oxygens (including phenoxy) is 3. The summed E-state index contributed by atoms with van der Waals surface area (Å²) in [6.45, 7) is 1.67. The fourth-order valence-corrected chi connectivity index (χ4v) is 3.79. The van der Waals surface area contributed by atoms with Crippen molar-refractivity contribution >= 4 is 17.7 Å². The van der Waals surface area contributed by atoms with Gasteiger partial charge in [-0.15, -0.1) is 10.2 Å². The fourth-order valence-electron chi connectivity index (χ4n) is 3.12. The van der Waals surface area contributed by atoms with E-state index in [0.29, 0.717) is 33.9 Å². The Bertz CT molecular complexity index is 778. The van der Waals surface area contributed by atoms with E-state index in [1.165, 1.54) is 24.6 Å². The van der Waals surface area contributed by atoms with Gasteiger partial charge in [-0.05, 0) is 25.0 Å². The summed E-state index contributed by atoms with van der Waals surface area (Å²) in [5.41, 5.74) is 0.646. The number of carbonyl (C=O) groups is 1. The second-order valence-electron chi connectivity index (χ2n) is 6.37. The van der Waals surface area contributed by atoms with Crippen LogP contribution in [0.3, 0.4) is 0 Å². The van der Waals surface area contributed by atoms with Crippen LogP contribution in [0.15, 0.2) is 21.8 Å². The van der Waals surface area contributed by atoms with Crippen molar-refractivity contribution in [2.45, 2.75) is 30.9 Å². The molecule has 1 fully saturated rings. The first-order valence-electron chi connectivity index (χ1n) is 9.20. The van der Waals surface area contributed by atoms with E-state index in [2.05, 4.69) is 10.2 Å². The Balaban J connectivity index is 1.69. The van der Waals surface area contributed by atoms with Gasteiger partial charge in [-0.2, -0.15) is 0 Å². The van der Waals surface area contributed by atoms with Crippen LogP contribution in [0.5, 0.6) is 17.2 Å². The number of thioether (sulfide) groups is 1. The molecule has 0 radical (unpaired) electrons. The largest absolute Gasteiger partial charge is 0.493 e. The van der Waals surface area contributed by atoms with Crippen LogP contribution in [-0.2, 0) is 4.79 Å². The van der Waals surface area contributed by atoms with Crippen molar-refractivity contribution in [3.05, 3.63) is 12.1 Å². The molecule has 0 atom stereocenters. The number of rotatable bonds is 7. The predicted molar refractivity (Wildman–Crippen MR) is 105 cm³/mol. The molecule has 0 unspecified atom stereocenters. The predicted octanol–water partition coefficient (Wildman–Crippen LogP) is 3.26. The van der Waals surface area contributed by atoms with Gasteiger partial charge >= 0.3 is 0 Å². The van der Waals surface area contributed by atoms with Crippen LogP contribution in [0.4, 0.5) is 0 Å². The third-order valence-corrected chi connectivity index (χ3v) is 5.40. The molecular weight excluding hydrogens is 382 g/mol. The zero-order valence-electron chi connectivity index (χ0n) is 16.4. The molecule has 0 bridgehead atoms. The summed E-state index contributed by atoms with van der Waals surface area (Å²) in [4.78, 5) is 14.3. The second kappa shape index (κ2) is 9.68. The normalized spacial score (nSPS) is 14.5. The van der Waals surface area contributed by atoms with Crippen LogP contribution >= 0.6 is 11.8 Å². The summed E-state index contributed by atoms with van der Waals surface area (Å²) in [7, 11) is 4.64. The average Bonchev–Trinajstić information content (AvgIpc) is 3.03. The van der Waals surface area contributed by atoms with Crippen LogP contribution in [0.1, 0.15) is 25.7 Å². The zero-order chi connectivity index (χ0) is 19.9. The molecule has 1 aliphatic heterocycles. The smallest absolute Gasteiger partial charge is 0.277 e. The number of methoxy groups -OCH3 is 3. The van der Waals surface area contributed by atoms with Crippen molar-refractivity contribution in [1.82, 2.24) is 15.1 Å². The van der Waals surface area contributed by atoms with E-state index in [9.17, 15) is 4.79 Å².